The number of hydrogen-bond acceptors (Lipinski definition) is 3. The van der Waals surface area contributed by atoms with Gasteiger partial charge in [0.2, 0.25) is 5.95 Å². The highest BCUT2D eigenvalue weighted by Gasteiger charge is 2.12. The van der Waals surface area contributed by atoms with Gasteiger partial charge in [-0.25, -0.2) is 10.4 Å². The summed E-state index contributed by atoms with van der Waals surface area (Å²) in [5.41, 5.74) is 8.63. The van der Waals surface area contributed by atoms with Crippen molar-refractivity contribution in [3.63, 3.8) is 0 Å². The minimum absolute atomic E-state index is 0.167. The maximum atomic E-state index is 4.45. The molecule has 0 spiro atoms. The first kappa shape index (κ1) is 15.3. The zero-order valence-corrected chi connectivity index (χ0v) is 14.0. The summed E-state index contributed by atoms with van der Waals surface area (Å²) in [5.74, 6) is 0.646. The monoisotopic (exact) mass is 306 g/mol. The Labute approximate surface area is 136 Å². The summed E-state index contributed by atoms with van der Waals surface area (Å²) in [6, 6.07) is 14.6. The van der Waals surface area contributed by atoms with Gasteiger partial charge in [-0.05, 0) is 41.2 Å². The van der Waals surface area contributed by atoms with Crippen LogP contribution in [-0.2, 0) is 5.41 Å². The lowest BCUT2D eigenvalue weighted by atomic mass is 9.87. The summed E-state index contributed by atoms with van der Waals surface area (Å²) in [7, 11) is 0. The SMILES string of the molecule is Cc1ccc2nc(N/N=C\c3ccc(C(C)(C)C)cc3)[nH]c2c1. The van der Waals surface area contributed by atoms with E-state index in [1.807, 2.05) is 12.1 Å². The molecule has 0 bridgehead atoms. The molecule has 0 saturated heterocycles. The number of hydrogen-bond donors (Lipinski definition) is 2. The molecule has 0 saturated carbocycles. The van der Waals surface area contributed by atoms with E-state index >= 15 is 0 Å². The molecule has 0 fully saturated rings. The second-order valence-corrected chi connectivity index (χ2v) is 6.85. The summed E-state index contributed by atoms with van der Waals surface area (Å²) >= 11 is 0. The van der Waals surface area contributed by atoms with Gasteiger partial charge in [-0.3, -0.25) is 0 Å². The van der Waals surface area contributed by atoms with Crippen LogP contribution in [0.4, 0.5) is 5.95 Å². The fourth-order valence-corrected chi connectivity index (χ4v) is 2.41. The lowest BCUT2D eigenvalue weighted by Crippen LogP contribution is -2.10. The van der Waals surface area contributed by atoms with E-state index in [1.165, 1.54) is 11.1 Å². The lowest BCUT2D eigenvalue weighted by Gasteiger charge is -2.18. The van der Waals surface area contributed by atoms with Crippen LogP contribution in [0.5, 0.6) is 0 Å². The van der Waals surface area contributed by atoms with E-state index in [9.17, 15) is 0 Å². The number of nitrogens with one attached hydrogen (secondary N) is 2. The third-order valence-electron chi connectivity index (χ3n) is 3.80. The van der Waals surface area contributed by atoms with E-state index in [0.717, 1.165) is 16.6 Å². The van der Waals surface area contributed by atoms with E-state index in [4.69, 9.17) is 0 Å². The molecule has 0 aliphatic carbocycles. The molecule has 2 N–H and O–H groups in total. The molecule has 0 unspecified atom stereocenters. The molecule has 2 aromatic carbocycles. The molecule has 0 aliphatic rings. The summed E-state index contributed by atoms with van der Waals surface area (Å²) in [5, 5.41) is 4.25. The van der Waals surface area contributed by atoms with Crippen molar-refractivity contribution < 1.29 is 0 Å². The molecule has 1 aromatic heterocycles. The molecule has 3 rings (SSSR count). The van der Waals surface area contributed by atoms with E-state index in [-0.39, 0.29) is 5.41 Å². The molecule has 0 amide bonds. The lowest BCUT2D eigenvalue weighted by molar-refractivity contribution is 0.590. The number of nitrogens with zero attached hydrogens (tertiary/aromatic N) is 2. The normalized spacial score (nSPS) is 12.2. The number of rotatable bonds is 3. The Morgan fingerprint density at radius 2 is 1.83 bits per heavy atom. The zero-order chi connectivity index (χ0) is 16.4. The Balaban J connectivity index is 1.70. The van der Waals surface area contributed by atoms with Gasteiger partial charge < -0.3 is 4.98 Å². The summed E-state index contributed by atoms with van der Waals surface area (Å²) in [6.07, 6.45) is 1.80. The number of fused-ring (bicyclic) bond motifs is 1. The summed E-state index contributed by atoms with van der Waals surface area (Å²) in [4.78, 5) is 7.67. The topological polar surface area (TPSA) is 53.1 Å². The van der Waals surface area contributed by atoms with E-state index in [2.05, 4.69) is 78.5 Å². The third-order valence-corrected chi connectivity index (χ3v) is 3.80. The van der Waals surface area contributed by atoms with Gasteiger partial charge in [0.25, 0.3) is 0 Å². The largest absolute Gasteiger partial charge is 0.323 e. The van der Waals surface area contributed by atoms with Gasteiger partial charge in [-0.2, -0.15) is 5.10 Å². The van der Waals surface area contributed by atoms with Crippen LogP contribution in [0.1, 0.15) is 37.5 Å². The summed E-state index contributed by atoms with van der Waals surface area (Å²) in [6.45, 7) is 8.69. The van der Waals surface area contributed by atoms with Gasteiger partial charge in [-0.15, -0.1) is 0 Å². The number of benzene rings is 2. The van der Waals surface area contributed by atoms with Crippen LogP contribution >= 0.6 is 0 Å². The molecule has 0 radical (unpaired) electrons. The number of aryl methyl sites for hydroxylation is 1. The Kier molecular flexibility index (Phi) is 3.90. The Morgan fingerprint density at radius 1 is 1.09 bits per heavy atom. The van der Waals surface area contributed by atoms with Crippen molar-refractivity contribution >= 4 is 23.2 Å². The first-order chi connectivity index (χ1) is 10.9. The molecule has 4 heteroatoms. The van der Waals surface area contributed by atoms with E-state index in [0.29, 0.717) is 5.95 Å². The van der Waals surface area contributed by atoms with Crippen molar-refractivity contribution in [2.75, 3.05) is 5.43 Å². The van der Waals surface area contributed by atoms with Crippen molar-refractivity contribution in [3.05, 3.63) is 59.2 Å². The highest BCUT2D eigenvalue weighted by molar-refractivity contribution is 5.81. The van der Waals surface area contributed by atoms with Crippen molar-refractivity contribution in [2.24, 2.45) is 5.10 Å². The zero-order valence-electron chi connectivity index (χ0n) is 14.0. The van der Waals surface area contributed by atoms with Gasteiger partial charge in [-0.1, -0.05) is 51.1 Å². The number of hydrazone groups is 1. The second kappa shape index (κ2) is 5.88. The van der Waals surface area contributed by atoms with Crippen LogP contribution < -0.4 is 5.43 Å². The molecule has 3 aromatic rings. The maximum Gasteiger partial charge on any atom is 0.222 e. The molecule has 1 heterocycles. The van der Waals surface area contributed by atoms with Crippen LogP contribution in [-0.4, -0.2) is 16.2 Å². The molecular weight excluding hydrogens is 284 g/mol. The Morgan fingerprint density at radius 3 is 2.52 bits per heavy atom. The molecule has 4 nitrogen and oxygen atoms in total. The van der Waals surface area contributed by atoms with Gasteiger partial charge in [0.1, 0.15) is 0 Å². The van der Waals surface area contributed by atoms with Crippen LogP contribution in [0.15, 0.2) is 47.6 Å². The van der Waals surface area contributed by atoms with Crippen LogP contribution in [0.2, 0.25) is 0 Å². The first-order valence-electron chi connectivity index (χ1n) is 7.78. The van der Waals surface area contributed by atoms with Crippen molar-refractivity contribution in [3.8, 4) is 0 Å². The smallest absolute Gasteiger partial charge is 0.222 e. The Hall–Kier alpha value is -2.62. The molecule has 0 aliphatic heterocycles. The summed E-state index contributed by atoms with van der Waals surface area (Å²) < 4.78 is 0. The van der Waals surface area contributed by atoms with E-state index in [1.54, 1.807) is 6.21 Å². The van der Waals surface area contributed by atoms with Crippen molar-refractivity contribution in [2.45, 2.75) is 33.1 Å². The molecular formula is C19H22N4. The van der Waals surface area contributed by atoms with Gasteiger partial charge in [0.05, 0.1) is 17.2 Å². The molecule has 23 heavy (non-hydrogen) atoms. The fraction of sp³-hybridized carbons (Fsp3) is 0.263. The average Bonchev–Trinajstić information content (AvgIpc) is 2.88. The minimum atomic E-state index is 0.167. The highest BCUT2D eigenvalue weighted by atomic mass is 15.3. The van der Waals surface area contributed by atoms with E-state index < -0.39 is 0 Å². The van der Waals surface area contributed by atoms with Crippen molar-refractivity contribution in [1.82, 2.24) is 9.97 Å². The van der Waals surface area contributed by atoms with Crippen LogP contribution in [0.25, 0.3) is 11.0 Å². The number of aromatic amines is 1. The van der Waals surface area contributed by atoms with Crippen molar-refractivity contribution in [1.29, 1.82) is 0 Å². The number of aromatic nitrogens is 2. The van der Waals surface area contributed by atoms with Gasteiger partial charge >= 0.3 is 0 Å². The molecule has 118 valence electrons. The third kappa shape index (κ3) is 3.59. The fourth-order valence-electron chi connectivity index (χ4n) is 2.41. The first-order valence-corrected chi connectivity index (χ1v) is 7.78. The molecule has 0 atom stereocenters. The van der Waals surface area contributed by atoms with Crippen LogP contribution in [0.3, 0.4) is 0 Å². The maximum absolute atomic E-state index is 4.45. The van der Waals surface area contributed by atoms with Crippen LogP contribution in [0, 0.1) is 6.92 Å². The predicted molar refractivity (Wildman–Crippen MR) is 97.2 cm³/mol. The predicted octanol–water partition coefficient (Wildman–Crippen LogP) is 4.61. The second-order valence-electron chi connectivity index (χ2n) is 6.85. The number of imidazole rings is 1. The minimum Gasteiger partial charge on any atom is -0.323 e. The standard InChI is InChI=1S/C19H22N4/c1-13-5-10-16-17(11-13)22-18(21-16)23-20-12-14-6-8-15(9-7-14)19(2,3)4/h5-12H,1-4H3,(H2,21,22,23)/b20-12-. The average molecular weight is 306 g/mol. The van der Waals surface area contributed by atoms with Gasteiger partial charge in [0.15, 0.2) is 0 Å². The number of H-pyrrole nitrogens is 1. The Bertz CT molecular complexity index is 836. The highest BCUT2D eigenvalue weighted by Crippen LogP contribution is 2.21. The quantitative estimate of drug-likeness (QED) is 0.548. The van der Waals surface area contributed by atoms with Gasteiger partial charge in [0, 0.05) is 0 Å². The number of anilines is 1.